The van der Waals surface area contributed by atoms with E-state index >= 15 is 0 Å². The minimum absolute atomic E-state index is 0.398. The molecule has 2 aromatic rings. The standard InChI is InChI=1S/C14H19IN2O2Si/c1-20(2,3)7-6-19-10-17-14-5-4-11(15)8-12(14)13(9-18)16-17/h4-5,8-9H,6-7,10H2,1-3H3. The van der Waals surface area contributed by atoms with Gasteiger partial charge in [-0.25, -0.2) is 4.68 Å². The molecule has 1 aromatic heterocycles. The van der Waals surface area contributed by atoms with Crippen LogP contribution in [0.15, 0.2) is 18.2 Å². The molecule has 0 amide bonds. The van der Waals surface area contributed by atoms with Crippen molar-refractivity contribution in [3.63, 3.8) is 0 Å². The number of ether oxygens (including phenoxy) is 1. The molecule has 2 rings (SSSR count). The summed E-state index contributed by atoms with van der Waals surface area (Å²) in [5, 5.41) is 5.20. The van der Waals surface area contributed by atoms with Crippen molar-refractivity contribution in [2.24, 2.45) is 0 Å². The fourth-order valence-electron chi connectivity index (χ4n) is 1.89. The number of aromatic nitrogens is 2. The van der Waals surface area contributed by atoms with Gasteiger partial charge in [0.2, 0.25) is 0 Å². The minimum atomic E-state index is -1.07. The van der Waals surface area contributed by atoms with Gasteiger partial charge in [-0.3, -0.25) is 4.79 Å². The second-order valence-electron chi connectivity index (χ2n) is 6.01. The molecule has 0 saturated carbocycles. The molecule has 6 heteroatoms. The molecule has 0 bridgehead atoms. The summed E-state index contributed by atoms with van der Waals surface area (Å²) in [7, 11) is -1.07. The molecular weight excluding hydrogens is 383 g/mol. The molecule has 0 saturated heterocycles. The number of nitrogens with zero attached hydrogens (tertiary/aromatic N) is 2. The first-order valence-electron chi connectivity index (χ1n) is 6.60. The fourth-order valence-corrected chi connectivity index (χ4v) is 3.14. The van der Waals surface area contributed by atoms with E-state index in [4.69, 9.17) is 4.74 Å². The van der Waals surface area contributed by atoms with E-state index in [1.807, 2.05) is 18.2 Å². The van der Waals surface area contributed by atoms with Gasteiger partial charge in [0.1, 0.15) is 12.4 Å². The minimum Gasteiger partial charge on any atom is -0.360 e. The molecule has 0 aliphatic heterocycles. The quantitative estimate of drug-likeness (QED) is 0.320. The lowest BCUT2D eigenvalue weighted by molar-refractivity contribution is 0.0812. The van der Waals surface area contributed by atoms with Crippen molar-refractivity contribution in [1.29, 1.82) is 0 Å². The Hall–Kier alpha value is -0.733. The summed E-state index contributed by atoms with van der Waals surface area (Å²) in [6.07, 6.45) is 0.803. The van der Waals surface area contributed by atoms with Crippen molar-refractivity contribution >= 4 is 47.9 Å². The molecule has 0 N–H and O–H groups in total. The summed E-state index contributed by atoms with van der Waals surface area (Å²) in [4.78, 5) is 11.1. The predicted octanol–water partition coefficient (Wildman–Crippen LogP) is 3.77. The number of hydrogen-bond donors (Lipinski definition) is 0. The van der Waals surface area contributed by atoms with E-state index in [0.717, 1.165) is 33.4 Å². The number of hydrogen-bond acceptors (Lipinski definition) is 3. The predicted molar refractivity (Wildman–Crippen MR) is 91.9 cm³/mol. The summed E-state index contributed by atoms with van der Waals surface area (Å²) < 4.78 is 8.57. The first-order valence-corrected chi connectivity index (χ1v) is 11.4. The number of benzene rings is 1. The van der Waals surface area contributed by atoms with E-state index in [2.05, 4.69) is 47.3 Å². The van der Waals surface area contributed by atoms with Crippen LogP contribution in [0, 0.1) is 3.57 Å². The lowest BCUT2D eigenvalue weighted by Gasteiger charge is -2.15. The van der Waals surface area contributed by atoms with Crippen LogP contribution in [0.5, 0.6) is 0 Å². The molecule has 108 valence electrons. The third-order valence-corrected chi connectivity index (χ3v) is 5.44. The van der Waals surface area contributed by atoms with Crippen molar-refractivity contribution in [3.05, 3.63) is 27.5 Å². The maximum Gasteiger partial charge on any atom is 0.170 e. The summed E-state index contributed by atoms with van der Waals surface area (Å²) in [6.45, 7) is 8.12. The Balaban J connectivity index is 2.12. The Labute approximate surface area is 133 Å². The smallest absolute Gasteiger partial charge is 0.170 e. The summed E-state index contributed by atoms with van der Waals surface area (Å²) in [5.74, 6) is 0. The molecule has 4 nitrogen and oxygen atoms in total. The molecule has 20 heavy (non-hydrogen) atoms. The normalized spacial score (nSPS) is 12.0. The topological polar surface area (TPSA) is 44.1 Å². The number of carbonyl (C=O) groups excluding carboxylic acids is 1. The Morgan fingerprint density at radius 2 is 2.15 bits per heavy atom. The van der Waals surface area contributed by atoms with E-state index in [1.165, 1.54) is 0 Å². The maximum atomic E-state index is 11.1. The number of fused-ring (bicyclic) bond motifs is 1. The van der Waals surface area contributed by atoms with Gasteiger partial charge in [-0.15, -0.1) is 0 Å². The zero-order valence-electron chi connectivity index (χ0n) is 12.0. The van der Waals surface area contributed by atoms with Crippen LogP contribution in [0.3, 0.4) is 0 Å². The van der Waals surface area contributed by atoms with Crippen molar-refractivity contribution < 1.29 is 9.53 Å². The summed E-state index contributed by atoms with van der Waals surface area (Å²) in [5.41, 5.74) is 1.42. The molecule has 0 fully saturated rings. The highest BCUT2D eigenvalue weighted by Gasteiger charge is 2.13. The highest BCUT2D eigenvalue weighted by Crippen LogP contribution is 2.20. The largest absolute Gasteiger partial charge is 0.360 e. The molecule has 1 heterocycles. The Bertz CT molecular complexity index is 619. The maximum absolute atomic E-state index is 11.1. The molecule has 1 aromatic carbocycles. The number of carbonyl (C=O) groups is 1. The van der Waals surface area contributed by atoms with E-state index in [-0.39, 0.29) is 0 Å². The van der Waals surface area contributed by atoms with E-state index in [9.17, 15) is 4.79 Å². The van der Waals surface area contributed by atoms with Gasteiger partial charge in [0.15, 0.2) is 6.29 Å². The number of aldehydes is 1. The Kier molecular flexibility index (Phi) is 4.98. The second kappa shape index (κ2) is 6.36. The van der Waals surface area contributed by atoms with Gasteiger partial charge >= 0.3 is 0 Å². The van der Waals surface area contributed by atoms with E-state index < -0.39 is 8.07 Å². The van der Waals surface area contributed by atoms with Gasteiger partial charge in [-0.05, 0) is 46.8 Å². The lowest BCUT2D eigenvalue weighted by Crippen LogP contribution is -2.22. The van der Waals surface area contributed by atoms with Crippen molar-refractivity contribution in [2.45, 2.75) is 32.4 Å². The zero-order chi connectivity index (χ0) is 14.8. The van der Waals surface area contributed by atoms with Crippen LogP contribution in [0.1, 0.15) is 10.5 Å². The van der Waals surface area contributed by atoms with E-state index in [0.29, 0.717) is 12.4 Å². The lowest BCUT2D eigenvalue weighted by atomic mass is 10.2. The van der Waals surface area contributed by atoms with Crippen LogP contribution in [0.2, 0.25) is 25.7 Å². The van der Waals surface area contributed by atoms with Crippen LogP contribution in [0.4, 0.5) is 0 Å². The van der Waals surface area contributed by atoms with Crippen LogP contribution in [0.25, 0.3) is 10.9 Å². The van der Waals surface area contributed by atoms with Gasteiger partial charge in [0, 0.05) is 23.6 Å². The van der Waals surface area contributed by atoms with Crippen LogP contribution in [-0.2, 0) is 11.5 Å². The second-order valence-corrected chi connectivity index (χ2v) is 12.9. The monoisotopic (exact) mass is 402 g/mol. The first-order chi connectivity index (χ1) is 9.40. The van der Waals surface area contributed by atoms with Gasteiger partial charge in [-0.2, -0.15) is 5.10 Å². The van der Waals surface area contributed by atoms with Gasteiger partial charge in [0.05, 0.1) is 5.52 Å². The zero-order valence-corrected chi connectivity index (χ0v) is 15.2. The Morgan fingerprint density at radius 3 is 2.80 bits per heavy atom. The van der Waals surface area contributed by atoms with Crippen LogP contribution >= 0.6 is 22.6 Å². The third-order valence-electron chi connectivity index (χ3n) is 3.06. The summed E-state index contributed by atoms with van der Waals surface area (Å²) >= 11 is 2.23. The highest BCUT2D eigenvalue weighted by atomic mass is 127. The van der Waals surface area contributed by atoms with E-state index in [1.54, 1.807) is 4.68 Å². The SMILES string of the molecule is C[Si](C)(C)CCOCn1nc(C=O)c2cc(I)ccc21. The van der Waals surface area contributed by atoms with Crippen molar-refractivity contribution in [3.8, 4) is 0 Å². The molecule has 0 unspecified atom stereocenters. The van der Waals surface area contributed by atoms with Gasteiger partial charge < -0.3 is 4.74 Å². The molecule has 0 aliphatic carbocycles. The number of rotatable bonds is 6. The fraction of sp³-hybridized carbons (Fsp3) is 0.429. The van der Waals surface area contributed by atoms with Crippen LogP contribution < -0.4 is 0 Å². The van der Waals surface area contributed by atoms with Crippen molar-refractivity contribution in [1.82, 2.24) is 9.78 Å². The summed E-state index contributed by atoms with van der Waals surface area (Å²) in [6, 6.07) is 7.10. The number of halogens is 1. The average Bonchev–Trinajstić information content (AvgIpc) is 2.71. The average molecular weight is 402 g/mol. The van der Waals surface area contributed by atoms with Crippen LogP contribution in [-0.4, -0.2) is 30.7 Å². The first kappa shape index (κ1) is 15.7. The van der Waals surface area contributed by atoms with Gasteiger partial charge in [0.25, 0.3) is 0 Å². The molecule has 0 atom stereocenters. The molecule has 0 radical (unpaired) electrons. The van der Waals surface area contributed by atoms with Gasteiger partial charge in [-0.1, -0.05) is 19.6 Å². The molecule has 0 aliphatic rings. The third kappa shape index (κ3) is 3.89. The molecular formula is C14H19IN2O2Si. The molecule has 0 spiro atoms. The Morgan fingerprint density at radius 1 is 1.40 bits per heavy atom. The highest BCUT2D eigenvalue weighted by molar-refractivity contribution is 14.1. The van der Waals surface area contributed by atoms with Crippen molar-refractivity contribution in [2.75, 3.05) is 6.61 Å².